The van der Waals surface area contributed by atoms with Crippen LogP contribution in [0.4, 0.5) is 8.78 Å². The van der Waals surface area contributed by atoms with Gasteiger partial charge in [-0.05, 0) is 42.0 Å². The molecule has 0 saturated heterocycles. The molecule has 0 aliphatic carbocycles. The zero-order valence-corrected chi connectivity index (χ0v) is 18.0. The van der Waals surface area contributed by atoms with Crippen molar-refractivity contribution in [2.24, 2.45) is 0 Å². The molecule has 2 aromatic heterocycles. The third-order valence-electron chi connectivity index (χ3n) is 4.91. The Kier molecular flexibility index (Phi) is 5.95. The van der Waals surface area contributed by atoms with Crippen LogP contribution in [0, 0.1) is 11.6 Å². The van der Waals surface area contributed by atoms with E-state index in [1.165, 1.54) is 30.0 Å². The van der Waals surface area contributed by atoms with E-state index in [1.54, 1.807) is 30.3 Å². The van der Waals surface area contributed by atoms with Gasteiger partial charge in [0.25, 0.3) is 0 Å². The van der Waals surface area contributed by atoms with E-state index in [0.29, 0.717) is 46.1 Å². The van der Waals surface area contributed by atoms with Gasteiger partial charge in [-0.1, -0.05) is 59.4 Å². The highest BCUT2D eigenvalue weighted by Crippen LogP contribution is 2.29. The Bertz CT molecular complexity index is 1370. The molecule has 0 unspecified atom stereocenters. The predicted molar refractivity (Wildman–Crippen MR) is 120 cm³/mol. The second-order valence-corrected chi connectivity index (χ2v) is 8.11. The van der Waals surface area contributed by atoms with Crippen molar-refractivity contribution in [1.82, 2.24) is 24.9 Å². The van der Waals surface area contributed by atoms with E-state index in [-0.39, 0.29) is 11.6 Å². The maximum atomic E-state index is 14.5. The molecule has 0 aliphatic rings. The van der Waals surface area contributed by atoms with Crippen molar-refractivity contribution in [1.29, 1.82) is 0 Å². The van der Waals surface area contributed by atoms with E-state index in [4.69, 9.17) is 4.52 Å². The van der Waals surface area contributed by atoms with Crippen molar-refractivity contribution < 1.29 is 13.3 Å². The minimum atomic E-state index is -0.364. The minimum Gasteiger partial charge on any atom is -0.338 e. The molecule has 0 amide bonds. The molecule has 3 aromatic carbocycles. The first-order valence-electron chi connectivity index (χ1n) is 10.1. The summed E-state index contributed by atoms with van der Waals surface area (Å²) in [5, 5.41) is 13.1. The molecule has 33 heavy (non-hydrogen) atoms. The average Bonchev–Trinajstić information content (AvgIpc) is 3.47. The molecule has 0 N–H and O–H groups in total. The van der Waals surface area contributed by atoms with E-state index in [1.807, 2.05) is 34.9 Å². The van der Waals surface area contributed by atoms with Crippen molar-refractivity contribution >= 4 is 11.8 Å². The maximum Gasteiger partial charge on any atom is 0.237 e. The molecule has 0 fully saturated rings. The van der Waals surface area contributed by atoms with Crippen LogP contribution in [0.25, 0.3) is 22.8 Å². The molecule has 0 bridgehead atoms. The third-order valence-corrected chi connectivity index (χ3v) is 5.86. The number of hydrogen-bond acceptors (Lipinski definition) is 6. The van der Waals surface area contributed by atoms with Crippen molar-refractivity contribution in [2.75, 3.05) is 0 Å². The third kappa shape index (κ3) is 4.68. The van der Waals surface area contributed by atoms with Crippen LogP contribution in [0.15, 0.2) is 88.5 Å². The fourth-order valence-electron chi connectivity index (χ4n) is 3.30. The number of nitrogens with zero attached hydrogens (tertiary/aromatic N) is 5. The Morgan fingerprint density at radius 3 is 2.39 bits per heavy atom. The van der Waals surface area contributed by atoms with Gasteiger partial charge in [0.1, 0.15) is 11.6 Å². The lowest BCUT2D eigenvalue weighted by Gasteiger charge is -2.10. The zero-order chi connectivity index (χ0) is 22.6. The molecule has 9 heteroatoms. The number of hydrogen-bond donors (Lipinski definition) is 0. The SMILES string of the molecule is Fc1ccc(-c2noc(CSc3nnc(-c4ccccc4F)n3Cc3ccccc3)n2)cc1. The molecular formula is C24H17F2N5OS. The summed E-state index contributed by atoms with van der Waals surface area (Å²) < 4.78 is 34.9. The van der Waals surface area contributed by atoms with Gasteiger partial charge in [0.05, 0.1) is 17.9 Å². The lowest BCUT2D eigenvalue weighted by molar-refractivity contribution is 0.391. The first-order valence-corrected chi connectivity index (χ1v) is 11.1. The first kappa shape index (κ1) is 21.0. The van der Waals surface area contributed by atoms with Gasteiger partial charge in [-0.3, -0.25) is 4.57 Å². The van der Waals surface area contributed by atoms with Crippen LogP contribution in [-0.2, 0) is 12.3 Å². The molecule has 0 atom stereocenters. The fraction of sp³-hybridized carbons (Fsp3) is 0.0833. The van der Waals surface area contributed by atoms with Crippen LogP contribution >= 0.6 is 11.8 Å². The number of rotatable bonds is 7. The van der Waals surface area contributed by atoms with Crippen molar-refractivity contribution in [3.8, 4) is 22.8 Å². The Labute approximate surface area is 192 Å². The van der Waals surface area contributed by atoms with Crippen LogP contribution in [0.5, 0.6) is 0 Å². The summed E-state index contributed by atoms with van der Waals surface area (Å²) in [7, 11) is 0. The number of halogens is 2. The normalized spacial score (nSPS) is 11.1. The minimum absolute atomic E-state index is 0.332. The summed E-state index contributed by atoms with van der Waals surface area (Å²) in [6, 6.07) is 22.2. The average molecular weight is 461 g/mol. The summed E-state index contributed by atoms with van der Waals surface area (Å²) in [5.74, 6) is 0.859. The van der Waals surface area contributed by atoms with Gasteiger partial charge in [0, 0.05) is 5.56 Å². The highest BCUT2D eigenvalue weighted by atomic mass is 32.2. The molecule has 0 saturated carbocycles. The van der Waals surface area contributed by atoms with Crippen molar-refractivity contribution in [2.45, 2.75) is 17.5 Å². The van der Waals surface area contributed by atoms with E-state index in [2.05, 4.69) is 20.3 Å². The maximum absolute atomic E-state index is 14.5. The van der Waals surface area contributed by atoms with Gasteiger partial charge < -0.3 is 4.52 Å². The summed E-state index contributed by atoms with van der Waals surface area (Å²) in [5.41, 5.74) is 2.07. The topological polar surface area (TPSA) is 69.6 Å². The highest BCUT2D eigenvalue weighted by molar-refractivity contribution is 7.98. The summed E-state index contributed by atoms with van der Waals surface area (Å²) >= 11 is 1.36. The summed E-state index contributed by atoms with van der Waals surface area (Å²) in [4.78, 5) is 4.38. The lowest BCUT2D eigenvalue weighted by atomic mass is 10.2. The molecule has 0 aliphatic heterocycles. The molecular weight excluding hydrogens is 444 g/mol. The quantitative estimate of drug-likeness (QED) is 0.293. The molecule has 6 nitrogen and oxygen atoms in total. The van der Waals surface area contributed by atoms with E-state index in [0.717, 1.165) is 5.56 Å². The Morgan fingerprint density at radius 1 is 0.848 bits per heavy atom. The number of benzene rings is 3. The van der Waals surface area contributed by atoms with Crippen LogP contribution in [0.3, 0.4) is 0 Å². The molecule has 5 rings (SSSR count). The lowest BCUT2D eigenvalue weighted by Crippen LogP contribution is -2.05. The number of thioether (sulfide) groups is 1. The summed E-state index contributed by atoms with van der Waals surface area (Å²) in [6.07, 6.45) is 0. The van der Waals surface area contributed by atoms with Crippen LogP contribution in [-0.4, -0.2) is 24.9 Å². The van der Waals surface area contributed by atoms with Gasteiger partial charge in [0.15, 0.2) is 11.0 Å². The van der Waals surface area contributed by atoms with Gasteiger partial charge >= 0.3 is 0 Å². The van der Waals surface area contributed by atoms with E-state index < -0.39 is 0 Å². The van der Waals surface area contributed by atoms with Crippen LogP contribution < -0.4 is 0 Å². The Balaban J connectivity index is 1.41. The molecule has 2 heterocycles. The Morgan fingerprint density at radius 2 is 1.61 bits per heavy atom. The van der Waals surface area contributed by atoms with Crippen molar-refractivity contribution in [3.05, 3.63) is 102 Å². The van der Waals surface area contributed by atoms with E-state index in [9.17, 15) is 8.78 Å². The van der Waals surface area contributed by atoms with Crippen LogP contribution in [0.1, 0.15) is 11.5 Å². The van der Waals surface area contributed by atoms with E-state index >= 15 is 0 Å². The first-order chi connectivity index (χ1) is 16.2. The summed E-state index contributed by atoms with van der Waals surface area (Å²) in [6.45, 7) is 0.477. The second-order valence-electron chi connectivity index (χ2n) is 7.17. The largest absolute Gasteiger partial charge is 0.338 e. The molecule has 0 spiro atoms. The standard InChI is InChI=1S/C24H17F2N5OS/c25-18-12-10-17(11-13-18)22-27-21(32-30-22)15-33-24-29-28-23(19-8-4-5-9-20(19)26)31(24)14-16-6-2-1-3-7-16/h1-13H,14-15H2. The van der Waals surface area contributed by atoms with Gasteiger partial charge in [-0.15, -0.1) is 10.2 Å². The monoisotopic (exact) mass is 461 g/mol. The van der Waals surface area contributed by atoms with Gasteiger partial charge in [0.2, 0.25) is 11.7 Å². The Hall–Kier alpha value is -3.85. The van der Waals surface area contributed by atoms with Gasteiger partial charge in [-0.2, -0.15) is 4.98 Å². The highest BCUT2D eigenvalue weighted by Gasteiger charge is 2.19. The number of aromatic nitrogens is 5. The zero-order valence-electron chi connectivity index (χ0n) is 17.2. The fourth-order valence-corrected chi connectivity index (χ4v) is 4.08. The van der Waals surface area contributed by atoms with Crippen LogP contribution in [0.2, 0.25) is 0 Å². The molecule has 164 valence electrons. The molecule has 5 aromatic rings. The molecule has 0 radical (unpaired) electrons. The second kappa shape index (κ2) is 9.33. The van der Waals surface area contributed by atoms with Crippen molar-refractivity contribution in [3.63, 3.8) is 0 Å². The predicted octanol–water partition coefficient (Wildman–Crippen LogP) is 5.61. The van der Waals surface area contributed by atoms with Gasteiger partial charge in [-0.25, -0.2) is 8.78 Å². The smallest absolute Gasteiger partial charge is 0.237 e.